The van der Waals surface area contributed by atoms with Gasteiger partial charge in [-0.3, -0.25) is 14.7 Å². The molecule has 1 fully saturated rings. The lowest BCUT2D eigenvalue weighted by atomic mass is 9.95. The lowest BCUT2D eigenvalue weighted by Gasteiger charge is -2.32. The van der Waals surface area contributed by atoms with Gasteiger partial charge in [-0.2, -0.15) is 0 Å². The fraction of sp³-hybridized carbons (Fsp3) is 0.385. The Balaban J connectivity index is 1.18. The summed E-state index contributed by atoms with van der Waals surface area (Å²) in [5.41, 5.74) is 6.87. The molecule has 0 saturated heterocycles. The molecule has 1 aromatic heterocycles. The van der Waals surface area contributed by atoms with Crippen LogP contribution >= 0.6 is 11.3 Å². The lowest BCUT2D eigenvalue weighted by Crippen LogP contribution is -2.31. The molecule has 1 N–H and O–H groups in total. The van der Waals surface area contributed by atoms with E-state index in [1.54, 1.807) is 11.7 Å². The summed E-state index contributed by atoms with van der Waals surface area (Å²) in [5.74, 6) is 1.03. The Bertz CT molecular complexity index is 1060. The molecule has 1 amide bonds. The molecule has 0 radical (unpaired) electrons. The SMILES string of the molecule is C[C@H](NC(=O)c1cncs1)c1ccc(CN2CCc3c(cccc3OC3CCC3)C2)cc1. The van der Waals surface area contributed by atoms with Crippen molar-refractivity contribution >= 4 is 17.2 Å². The van der Waals surface area contributed by atoms with Gasteiger partial charge in [0.1, 0.15) is 10.6 Å². The maximum atomic E-state index is 12.3. The number of rotatable bonds is 7. The first kappa shape index (κ1) is 21.2. The zero-order chi connectivity index (χ0) is 21.9. The Morgan fingerprint density at radius 3 is 2.81 bits per heavy atom. The minimum atomic E-state index is -0.0725. The van der Waals surface area contributed by atoms with E-state index in [9.17, 15) is 4.79 Å². The number of carbonyl (C=O) groups excluding carboxylic acids is 1. The molecule has 3 aromatic rings. The summed E-state index contributed by atoms with van der Waals surface area (Å²) in [6, 6.07) is 15.1. The number of aromatic nitrogens is 1. The Hall–Kier alpha value is -2.70. The molecule has 2 aromatic carbocycles. The summed E-state index contributed by atoms with van der Waals surface area (Å²) < 4.78 is 6.24. The molecule has 2 heterocycles. The molecule has 1 saturated carbocycles. The summed E-state index contributed by atoms with van der Waals surface area (Å²) in [7, 11) is 0. The number of carbonyl (C=O) groups is 1. The molecule has 5 rings (SSSR count). The molecule has 1 aliphatic carbocycles. The molecule has 166 valence electrons. The van der Waals surface area contributed by atoms with Gasteiger partial charge in [0, 0.05) is 19.6 Å². The van der Waals surface area contributed by atoms with Crippen LogP contribution in [0.4, 0.5) is 0 Å². The van der Waals surface area contributed by atoms with Crippen LogP contribution in [0.15, 0.2) is 54.2 Å². The van der Waals surface area contributed by atoms with Gasteiger partial charge >= 0.3 is 0 Å². The Kier molecular flexibility index (Phi) is 6.23. The monoisotopic (exact) mass is 447 g/mol. The third-order valence-corrected chi connectivity index (χ3v) is 7.31. The fourth-order valence-corrected chi connectivity index (χ4v) is 4.92. The van der Waals surface area contributed by atoms with E-state index in [1.807, 2.05) is 6.92 Å². The molecule has 2 aliphatic rings. The summed E-state index contributed by atoms with van der Waals surface area (Å²) in [6.45, 7) is 4.94. The molecule has 1 aliphatic heterocycles. The highest BCUT2D eigenvalue weighted by molar-refractivity contribution is 7.11. The number of thiazole rings is 1. The second kappa shape index (κ2) is 9.43. The van der Waals surface area contributed by atoms with Crippen LogP contribution in [0.3, 0.4) is 0 Å². The molecule has 32 heavy (non-hydrogen) atoms. The van der Waals surface area contributed by atoms with Crippen molar-refractivity contribution in [2.45, 2.75) is 57.8 Å². The van der Waals surface area contributed by atoms with Crippen LogP contribution in [0.1, 0.15) is 64.2 Å². The molecule has 0 unspecified atom stereocenters. The van der Waals surface area contributed by atoms with Crippen molar-refractivity contribution in [3.8, 4) is 5.75 Å². The number of fused-ring (bicyclic) bond motifs is 1. The maximum absolute atomic E-state index is 12.3. The number of benzene rings is 2. The number of ether oxygens (including phenoxy) is 1. The van der Waals surface area contributed by atoms with Crippen LogP contribution in [0.2, 0.25) is 0 Å². The van der Waals surface area contributed by atoms with Crippen molar-refractivity contribution in [3.63, 3.8) is 0 Å². The first-order valence-electron chi connectivity index (χ1n) is 11.4. The van der Waals surface area contributed by atoms with E-state index in [1.165, 1.54) is 47.3 Å². The molecule has 0 spiro atoms. The topological polar surface area (TPSA) is 54.5 Å². The largest absolute Gasteiger partial charge is 0.490 e. The highest BCUT2D eigenvalue weighted by Gasteiger charge is 2.24. The van der Waals surface area contributed by atoms with Gasteiger partial charge in [-0.25, -0.2) is 0 Å². The highest BCUT2D eigenvalue weighted by atomic mass is 32.1. The maximum Gasteiger partial charge on any atom is 0.263 e. The molecule has 6 heteroatoms. The van der Waals surface area contributed by atoms with Crippen molar-refractivity contribution in [2.75, 3.05) is 6.54 Å². The molecule has 5 nitrogen and oxygen atoms in total. The van der Waals surface area contributed by atoms with Gasteiger partial charge < -0.3 is 10.1 Å². The summed E-state index contributed by atoms with van der Waals surface area (Å²) in [5, 5.41) is 3.05. The average molecular weight is 448 g/mol. The second-order valence-corrected chi connectivity index (χ2v) is 9.71. The quantitative estimate of drug-likeness (QED) is 0.546. The predicted molar refractivity (Wildman–Crippen MR) is 127 cm³/mol. The van der Waals surface area contributed by atoms with E-state index in [0.29, 0.717) is 11.0 Å². The van der Waals surface area contributed by atoms with Crippen molar-refractivity contribution in [1.82, 2.24) is 15.2 Å². The van der Waals surface area contributed by atoms with Gasteiger partial charge in [0.15, 0.2) is 0 Å². The summed E-state index contributed by atoms with van der Waals surface area (Å²) >= 11 is 1.36. The first-order valence-corrected chi connectivity index (χ1v) is 12.3. The van der Waals surface area contributed by atoms with Crippen LogP contribution < -0.4 is 10.1 Å². The van der Waals surface area contributed by atoms with Crippen molar-refractivity contribution in [2.24, 2.45) is 0 Å². The van der Waals surface area contributed by atoms with Gasteiger partial charge in [-0.15, -0.1) is 11.3 Å². The number of hydrogen-bond acceptors (Lipinski definition) is 5. The zero-order valence-corrected chi connectivity index (χ0v) is 19.2. The van der Waals surface area contributed by atoms with Crippen LogP contribution in [-0.4, -0.2) is 28.4 Å². The van der Waals surface area contributed by atoms with Crippen molar-refractivity contribution < 1.29 is 9.53 Å². The van der Waals surface area contributed by atoms with E-state index in [-0.39, 0.29) is 11.9 Å². The average Bonchev–Trinajstić information content (AvgIpc) is 3.32. The number of amides is 1. The zero-order valence-electron chi connectivity index (χ0n) is 18.4. The van der Waals surface area contributed by atoms with E-state index in [2.05, 4.69) is 57.7 Å². The van der Waals surface area contributed by atoms with Crippen molar-refractivity contribution in [3.05, 3.63) is 81.3 Å². The normalized spacial score (nSPS) is 17.3. The molecular weight excluding hydrogens is 418 g/mol. The van der Waals surface area contributed by atoms with Crippen LogP contribution in [0, 0.1) is 0 Å². The Morgan fingerprint density at radius 2 is 2.09 bits per heavy atom. The predicted octanol–water partition coefficient (Wildman–Crippen LogP) is 5.12. The third kappa shape index (κ3) is 4.71. The molecule has 0 bridgehead atoms. The molecular formula is C26H29N3O2S. The number of nitrogens with zero attached hydrogens (tertiary/aromatic N) is 2. The van der Waals surface area contributed by atoms with Gasteiger partial charge in [0.2, 0.25) is 0 Å². The van der Waals surface area contributed by atoms with Gasteiger partial charge in [0.05, 0.1) is 23.9 Å². The lowest BCUT2D eigenvalue weighted by molar-refractivity contribution is 0.0943. The number of hydrogen-bond donors (Lipinski definition) is 1. The molecule has 1 atom stereocenters. The van der Waals surface area contributed by atoms with Gasteiger partial charge in [-0.05, 0) is 60.9 Å². The Morgan fingerprint density at radius 1 is 1.25 bits per heavy atom. The Labute approximate surface area is 193 Å². The minimum Gasteiger partial charge on any atom is -0.490 e. The van der Waals surface area contributed by atoms with Gasteiger partial charge in [-0.1, -0.05) is 36.4 Å². The van der Waals surface area contributed by atoms with E-state index < -0.39 is 0 Å². The highest BCUT2D eigenvalue weighted by Crippen LogP contribution is 2.32. The third-order valence-electron chi connectivity index (χ3n) is 6.54. The minimum absolute atomic E-state index is 0.0467. The van der Waals surface area contributed by atoms with Crippen LogP contribution in [-0.2, 0) is 19.5 Å². The van der Waals surface area contributed by atoms with E-state index in [4.69, 9.17) is 4.74 Å². The second-order valence-electron chi connectivity index (χ2n) is 8.83. The summed E-state index contributed by atoms with van der Waals surface area (Å²) in [6.07, 6.45) is 6.75. The van der Waals surface area contributed by atoms with Crippen LogP contribution in [0.25, 0.3) is 0 Å². The fourth-order valence-electron chi connectivity index (χ4n) is 4.40. The number of nitrogens with one attached hydrogen (secondary N) is 1. The standard InChI is InChI=1S/C26H29N3O2S/c1-18(28-26(30)25-14-27-17-32-25)20-10-8-19(9-11-20)15-29-13-12-23-21(16-29)4-2-7-24(23)31-22-5-3-6-22/h2,4,7-11,14,17-18,22H,3,5-6,12-13,15-16H2,1H3,(H,28,30)/t18-/m0/s1. The van der Waals surface area contributed by atoms with Crippen molar-refractivity contribution in [1.29, 1.82) is 0 Å². The first-order chi connectivity index (χ1) is 15.7. The summed E-state index contributed by atoms with van der Waals surface area (Å²) in [4.78, 5) is 19.4. The smallest absolute Gasteiger partial charge is 0.263 e. The van der Waals surface area contributed by atoms with Gasteiger partial charge in [0.25, 0.3) is 5.91 Å². The van der Waals surface area contributed by atoms with E-state index in [0.717, 1.165) is 37.4 Å². The van der Waals surface area contributed by atoms with E-state index >= 15 is 0 Å². The van der Waals surface area contributed by atoms with Crippen LogP contribution in [0.5, 0.6) is 5.75 Å².